The molecule has 0 atom stereocenters. The van der Waals surface area contributed by atoms with E-state index in [1.165, 1.54) is 13.3 Å². The molecule has 1 aliphatic rings. The highest BCUT2D eigenvalue weighted by molar-refractivity contribution is 5.94. The van der Waals surface area contributed by atoms with Gasteiger partial charge in [-0.2, -0.15) is 0 Å². The van der Waals surface area contributed by atoms with Crippen molar-refractivity contribution >= 4 is 11.8 Å². The lowest BCUT2D eigenvalue weighted by Gasteiger charge is -2.31. The first kappa shape index (κ1) is 15.2. The molecule has 1 aromatic heterocycles. The fraction of sp³-hybridized carbons (Fsp3) is 0.500. The summed E-state index contributed by atoms with van der Waals surface area (Å²) in [6.45, 7) is 1.80. The quantitative estimate of drug-likeness (QED) is 0.781. The zero-order valence-corrected chi connectivity index (χ0v) is 12.0. The van der Waals surface area contributed by atoms with Gasteiger partial charge in [0.25, 0.3) is 5.91 Å². The molecular formula is C14H20N4O3. The number of hydrogen-bond donors (Lipinski definition) is 2. The Morgan fingerprint density at radius 3 is 2.67 bits per heavy atom. The van der Waals surface area contributed by atoms with E-state index in [0.29, 0.717) is 11.4 Å². The third kappa shape index (κ3) is 4.42. The Bertz CT molecular complexity index is 495. The van der Waals surface area contributed by atoms with Crippen molar-refractivity contribution in [3.63, 3.8) is 0 Å². The first-order chi connectivity index (χ1) is 10.1. The minimum Gasteiger partial charge on any atom is -0.481 e. The fourth-order valence-corrected chi connectivity index (χ4v) is 2.36. The maximum atomic E-state index is 12.1. The average molecular weight is 292 g/mol. The van der Waals surface area contributed by atoms with E-state index in [9.17, 15) is 9.59 Å². The highest BCUT2D eigenvalue weighted by Gasteiger charge is 2.21. The van der Waals surface area contributed by atoms with Crippen LogP contribution in [0.15, 0.2) is 18.3 Å². The standard InChI is InChI=1S/C14H20N4O3/c1-21-13-3-2-10(8-16-13)14(20)17-11-4-6-18(7-5-11)9-12(15)19/h2-3,8,11H,4-7,9H2,1H3,(H2,15,19)(H,17,20). The number of carbonyl (C=O) groups is 2. The Hall–Kier alpha value is -2.15. The summed E-state index contributed by atoms with van der Waals surface area (Å²) in [4.78, 5) is 29.0. The topological polar surface area (TPSA) is 97.5 Å². The lowest BCUT2D eigenvalue weighted by molar-refractivity contribution is -0.119. The van der Waals surface area contributed by atoms with Crippen LogP contribution in [0.5, 0.6) is 5.88 Å². The van der Waals surface area contributed by atoms with Crippen LogP contribution in [-0.2, 0) is 4.79 Å². The number of nitrogens with zero attached hydrogens (tertiary/aromatic N) is 2. The van der Waals surface area contributed by atoms with E-state index in [1.807, 2.05) is 4.90 Å². The summed E-state index contributed by atoms with van der Waals surface area (Å²) < 4.78 is 4.96. The number of amides is 2. The molecule has 0 saturated carbocycles. The average Bonchev–Trinajstić information content (AvgIpc) is 2.49. The Kier molecular flexibility index (Phi) is 5.10. The lowest BCUT2D eigenvalue weighted by atomic mass is 10.0. The Balaban J connectivity index is 1.82. The summed E-state index contributed by atoms with van der Waals surface area (Å²) in [6.07, 6.45) is 3.11. The van der Waals surface area contributed by atoms with Gasteiger partial charge in [0, 0.05) is 31.4 Å². The first-order valence-corrected chi connectivity index (χ1v) is 6.90. The SMILES string of the molecule is COc1ccc(C(=O)NC2CCN(CC(N)=O)CC2)cn1. The lowest BCUT2D eigenvalue weighted by Crippen LogP contribution is -2.46. The number of aromatic nitrogens is 1. The van der Waals surface area contributed by atoms with Crippen molar-refractivity contribution in [2.24, 2.45) is 5.73 Å². The van der Waals surface area contributed by atoms with E-state index < -0.39 is 0 Å². The number of piperidine rings is 1. The van der Waals surface area contributed by atoms with Crippen LogP contribution in [0.2, 0.25) is 0 Å². The van der Waals surface area contributed by atoms with Gasteiger partial charge in [0.05, 0.1) is 19.2 Å². The zero-order chi connectivity index (χ0) is 15.2. The molecule has 1 aromatic rings. The number of methoxy groups -OCH3 is 1. The van der Waals surface area contributed by atoms with Gasteiger partial charge in [0.2, 0.25) is 11.8 Å². The van der Waals surface area contributed by atoms with Gasteiger partial charge in [-0.3, -0.25) is 14.5 Å². The summed E-state index contributed by atoms with van der Waals surface area (Å²) in [5.41, 5.74) is 5.68. The number of hydrogen-bond acceptors (Lipinski definition) is 5. The molecule has 1 saturated heterocycles. The van der Waals surface area contributed by atoms with Crippen molar-refractivity contribution in [3.8, 4) is 5.88 Å². The molecule has 2 heterocycles. The molecule has 1 fully saturated rings. The molecule has 0 unspecified atom stereocenters. The largest absolute Gasteiger partial charge is 0.481 e. The van der Waals surface area contributed by atoms with Crippen LogP contribution in [0.4, 0.5) is 0 Å². The van der Waals surface area contributed by atoms with E-state index >= 15 is 0 Å². The molecule has 114 valence electrons. The third-order valence-corrected chi connectivity index (χ3v) is 3.51. The van der Waals surface area contributed by atoms with Gasteiger partial charge in [0.1, 0.15) is 0 Å². The second-order valence-corrected chi connectivity index (χ2v) is 5.08. The van der Waals surface area contributed by atoms with Gasteiger partial charge in [-0.25, -0.2) is 4.98 Å². The van der Waals surface area contributed by atoms with Crippen LogP contribution in [0.25, 0.3) is 0 Å². The van der Waals surface area contributed by atoms with Gasteiger partial charge in [-0.05, 0) is 18.9 Å². The Morgan fingerprint density at radius 1 is 1.43 bits per heavy atom. The molecule has 7 heteroatoms. The smallest absolute Gasteiger partial charge is 0.253 e. The number of nitrogens with two attached hydrogens (primary N) is 1. The van der Waals surface area contributed by atoms with Crippen molar-refractivity contribution in [2.75, 3.05) is 26.7 Å². The Morgan fingerprint density at radius 2 is 2.14 bits per heavy atom. The van der Waals surface area contributed by atoms with E-state index in [-0.39, 0.29) is 24.4 Å². The van der Waals surface area contributed by atoms with Gasteiger partial charge < -0.3 is 15.8 Å². The fourth-order valence-electron chi connectivity index (χ4n) is 2.36. The second-order valence-electron chi connectivity index (χ2n) is 5.08. The van der Waals surface area contributed by atoms with Crippen molar-refractivity contribution in [1.29, 1.82) is 0 Å². The highest BCUT2D eigenvalue weighted by atomic mass is 16.5. The summed E-state index contributed by atoms with van der Waals surface area (Å²) >= 11 is 0. The molecule has 0 aromatic carbocycles. The number of carbonyl (C=O) groups excluding carboxylic acids is 2. The van der Waals surface area contributed by atoms with Crippen molar-refractivity contribution in [2.45, 2.75) is 18.9 Å². The van der Waals surface area contributed by atoms with E-state index in [1.54, 1.807) is 12.1 Å². The molecule has 7 nitrogen and oxygen atoms in total. The van der Waals surface area contributed by atoms with E-state index in [2.05, 4.69) is 10.3 Å². The normalized spacial score (nSPS) is 16.4. The molecule has 0 radical (unpaired) electrons. The van der Waals surface area contributed by atoms with Gasteiger partial charge in [0.15, 0.2) is 0 Å². The number of primary amides is 1. The predicted molar refractivity (Wildman–Crippen MR) is 76.9 cm³/mol. The molecule has 0 bridgehead atoms. The number of pyridine rings is 1. The number of likely N-dealkylation sites (tertiary alicyclic amines) is 1. The number of nitrogens with one attached hydrogen (secondary N) is 1. The molecule has 0 spiro atoms. The molecule has 21 heavy (non-hydrogen) atoms. The minimum absolute atomic E-state index is 0.115. The maximum absolute atomic E-state index is 12.1. The summed E-state index contributed by atoms with van der Waals surface area (Å²) in [7, 11) is 1.53. The van der Waals surface area contributed by atoms with Crippen LogP contribution in [0, 0.1) is 0 Å². The maximum Gasteiger partial charge on any atom is 0.253 e. The van der Waals surface area contributed by atoms with Crippen molar-refractivity contribution < 1.29 is 14.3 Å². The molecule has 3 N–H and O–H groups in total. The van der Waals surface area contributed by atoms with E-state index in [4.69, 9.17) is 10.5 Å². The summed E-state index contributed by atoms with van der Waals surface area (Å²) in [5.74, 6) is 0.0200. The molecule has 1 aliphatic heterocycles. The van der Waals surface area contributed by atoms with Crippen LogP contribution >= 0.6 is 0 Å². The van der Waals surface area contributed by atoms with Gasteiger partial charge >= 0.3 is 0 Å². The monoisotopic (exact) mass is 292 g/mol. The molecular weight excluding hydrogens is 272 g/mol. The molecule has 2 amide bonds. The molecule has 0 aliphatic carbocycles. The second kappa shape index (κ2) is 7.03. The van der Waals surface area contributed by atoms with Crippen molar-refractivity contribution in [3.05, 3.63) is 23.9 Å². The number of rotatable bonds is 5. The zero-order valence-electron chi connectivity index (χ0n) is 12.0. The predicted octanol–water partition coefficient (Wildman–Crippen LogP) is -0.230. The van der Waals surface area contributed by atoms with Gasteiger partial charge in [-0.15, -0.1) is 0 Å². The van der Waals surface area contributed by atoms with E-state index in [0.717, 1.165) is 25.9 Å². The highest BCUT2D eigenvalue weighted by Crippen LogP contribution is 2.12. The van der Waals surface area contributed by atoms with Crippen molar-refractivity contribution in [1.82, 2.24) is 15.2 Å². The number of ether oxygens (including phenoxy) is 1. The molecule has 2 rings (SSSR count). The minimum atomic E-state index is -0.318. The summed E-state index contributed by atoms with van der Waals surface area (Å²) in [5, 5.41) is 2.98. The van der Waals surface area contributed by atoms with Crippen LogP contribution in [0.1, 0.15) is 23.2 Å². The Labute approximate surface area is 123 Å². The van der Waals surface area contributed by atoms with Crippen LogP contribution in [-0.4, -0.2) is 54.5 Å². The summed E-state index contributed by atoms with van der Waals surface area (Å²) in [6, 6.07) is 3.46. The van der Waals surface area contributed by atoms with Crippen LogP contribution in [0.3, 0.4) is 0 Å². The van der Waals surface area contributed by atoms with Gasteiger partial charge in [-0.1, -0.05) is 0 Å². The first-order valence-electron chi connectivity index (χ1n) is 6.90. The van der Waals surface area contributed by atoms with Crippen LogP contribution < -0.4 is 15.8 Å². The third-order valence-electron chi connectivity index (χ3n) is 3.51.